The van der Waals surface area contributed by atoms with Gasteiger partial charge in [0.05, 0.1) is 23.9 Å². The molecule has 0 bridgehead atoms. The Bertz CT molecular complexity index is 341. The molecule has 0 aromatic rings. The fraction of sp³-hybridized carbons (Fsp3) is 0.636. The Hall–Kier alpha value is -1.76. The number of hydrogen-bond acceptors (Lipinski definition) is 10. The molecule has 0 aromatic carbocycles. The third-order valence-electron chi connectivity index (χ3n) is 2.36. The summed E-state index contributed by atoms with van der Waals surface area (Å²) in [5.74, 6) is -5.90. The molecule has 0 saturated carbocycles. The fourth-order valence-electron chi connectivity index (χ4n) is 1.68. The van der Waals surface area contributed by atoms with Crippen molar-refractivity contribution in [3.63, 3.8) is 0 Å². The molecule has 0 saturated heterocycles. The van der Waals surface area contributed by atoms with E-state index >= 15 is 0 Å². The minimum atomic E-state index is -1.47. The number of carbonyl (C=O) groups is 4. The predicted molar refractivity (Wildman–Crippen MR) is 69.5 cm³/mol. The van der Waals surface area contributed by atoms with Gasteiger partial charge in [0.25, 0.3) is 0 Å². The number of quaternary nitrogens is 2. The van der Waals surface area contributed by atoms with Gasteiger partial charge in [-0.2, -0.15) is 0 Å². The summed E-state index contributed by atoms with van der Waals surface area (Å²) in [6, 6.07) is 0. The molecule has 8 N–H and O–H groups in total. The average molecular weight is 394 g/mol. The molecule has 0 fully saturated rings. The summed E-state index contributed by atoms with van der Waals surface area (Å²) in [5, 5.41) is 41.7. The molecule has 0 heterocycles. The fourth-order valence-corrected chi connectivity index (χ4v) is 1.68. The summed E-state index contributed by atoms with van der Waals surface area (Å²) in [6.45, 7) is -2.55. The van der Waals surface area contributed by atoms with Crippen LogP contribution in [-0.4, -0.2) is 72.9 Å². The summed E-state index contributed by atoms with van der Waals surface area (Å²) in [6.07, 6.45) is 0.140. The van der Waals surface area contributed by atoms with Crippen molar-refractivity contribution in [1.29, 1.82) is 0 Å². The monoisotopic (exact) mass is 394 g/mol. The van der Waals surface area contributed by atoms with Crippen molar-refractivity contribution in [2.75, 3.05) is 39.3 Å². The van der Waals surface area contributed by atoms with Crippen molar-refractivity contribution in [2.24, 2.45) is 0 Å². The molecule has 142 valence electrons. The van der Waals surface area contributed by atoms with Crippen LogP contribution < -0.4 is 32.7 Å². The van der Waals surface area contributed by atoms with Crippen LogP contribution in [0.15, 0.2) is 0 Å². The molecule has 0 aromatic heterocycles. The topological polar surface area (TPSA) is 240 Å². The Morgan fingerprint density at radius 1 is 0.583 bits per heavy atom. The van der Waals surface area contributed by atoms with E-state index in [0.717, 1.165) is 9.80 Å². The first kappa shape index (κ1) is 30.2. The number of nitrogens with zero attached hydrogens (tertiary/aromatic N) is 2. The number of carbonyl (C=O) groups excluding carboxylic acids is 4. The second-order valence-electron chi connectivity index (χ2n) is 4.26. The van der Waals surface area contributed by atoms with Crippen LogP contribution in [0.3, 0.4) is 0 Å². The van der Waals surface area contributed by atoms with Gasteiger partial charge in [-0.1, -0.05) is 0 Å². The number of aliphatic carboxylic acids is 4. The number of carboxylic acid groups (broad SMARTS) is 4. The maximum absolute atomic E-state index is 10.4. The Morgan fingerprint density at radius 3 is 0.958 bits per heavy atom. The van der Waals surface area contributed by atoms with Gasteiger partial charge in [0, 0.05) is 39.3 Å². The van der Waals surface area contributed by atoms with E-state index in [1.54, 1.807) is 0 Å². The summed E-state index contributed by atoms with van der Waals surface area (Å²) >= 11 is 0. The van der Waals surface area contributed by atoms with Crippen LogP contribution in [0, 0.1) is 0 Å². The van der Waals surface area contributed by atoms with Gasteiger partial charge in [-0.15, -0.1) is 0 Å². The van der Waals surface area contributed by atoms with Crippen LogP contribution in [0.4, 0.5) is 0 Å². The van der Waals surface area contributed by atoms with Gasteiger partial charge >= 0.3 is 17.1 Å². The number of rotatable bonds is 12. The molecule has 0 atom stereocenters. The van der Waals surface area contributed by atoms with E-state index in [0.29, 0.717) is 0 Å². The molecule has 0 aliphatic heterocycles. The molecule has 0 radical (unpaired) electrons. The van der Waals surface area contributed by atoms with E-state index in [2.05, 4.69) is 0 Å². The molecule has 0 spiro atoms. The van der Waals surface area contributed by atoms with Crippen LogP contribution in [0.2, 0.25) is 0 Å². The minimum absolute atomic E-state index is 0. The summed E-state index contributed by atoms with van der Waals surface area (Å²) < 4.78 is 0. The van der Waals surface area contributed by atoms with Gasteiger partial charge in [-0.3, -0.25) is 9.80 Å². The Morgan fingerprint density at radius 2 is 0.792 bits per heavy atom. The van der Waals surface area contributed by atoms with Crippen molar-refractivity contribution in [3.05, 3.63) is 0 Å². The standard InChI is InChI=1S/C11H18N2O8.Fe.2H3N/c14-8(15)4-12(5-9(16)17)2-1-3-13(6-10(18)19)7-11(20)21;;;/h1-7H2,(H,14,15)(H,16,17)(H,18,19)(H,20,21);;2*1H3/q;+2;;/p-2. The van der Waals surface area contributed by atoms with Crippen molar-refractivity contribution >= 4 is 23.9 Å². The summed E-state index contributed by atoms with van der Waals surface area (Å²) in [5.41, 5.74) is 0. The number of hydrogen-bond donors (Lipinski definition) is 2. The molecule has 0 amide bonds. The maximum Gasteiger partial charge on any atom is 2.00 e. The zero-order valence-electron chi connectivity index (χ0n) is 13.5. The van der Waals surface area contributed by atoms with Crippen molar-refractivity contribution in [2.45, 2.75) is 6.42 Å². The second-order valence-corrected chi connectivity index (χ2v) is 4.26. The zero-order valence-corrected chi connectivity index (χ0v) is 14.6. The maximum atomic E-state index is 10.4. The molecular weight excluding hydrogens is 372 g/mol. The molecule has 0 rings (SSSR count). The second kappa shape index (κ2) is 16.1. The van der Waals surface area contributed by atoms with E-state index in [4.69, 9.17) is 0 Å². The van der Waals surface area contributed by atoms with Gasteiger partial charge in [-0.05, 0) is 6.42 Å². The van der Waals surface area contributed by atoms with E-state index in [-0.39, 0.29) is 48.9 Å². The molecule has 12 nitrogen and oxygen atoms in total. The third-order valence-corrected chi connectivity index (χ3v) is 2.36. The Labute approximate surface area is 149 Å². The van der Waals surface area contributed by atoms with Crippen LogP contribution in [-0.2, 0) is 36.2 Å². The Kier molecular flexibility index (Phi) is 20.2. The summed E-state index contributed by atoms with van der Waals surface area (Å²) in [4.78, 5) is 43.8. The molecule has 0 aliphatic carbocycles. The van der Waals surface area contributed by atoms with E-state index in [1.165, 1.54) is 0 Å². The van der Waals surface area contributed by atoms with E-state index in [9.17, 15) is 39.6 Å². The van der Waals surface area contributed by atoms with Gasteiger partial charge in [-0.25, -0.2) is 0 Å². The first-order valence-corrected chi connectivity index (χ1v) is 5.94. The first-order chi connectivity index (χ1) is 9.70. The molecular formula is C11H22FeN4O8. The molecule has 0 aliphatic rings. The average Bonchev–Trinajstić information content (AvgIpc) is 2.24. The predicted octanol–water partition coefficient (Wildman–Crippen LogP) is -6.27. The summed E-state index contributed by atoms with van der Waals surface area (Å²) in [7, 11) is 0. The van der Waals surface area contributed by atoms with Crippen molar-refractivity contribution in [3.8, 4) is 0 Å². The normalized spacial score (nSPS) is 9.42. The SMILES string of the molecule is O=C([O-])CN(CCCN(CC(=O)[O-])CC(=O)[O-])CC(=O)[O-].[Fe+2].[NH4+].[NH4+]. The van der Waals surface area contributed by atoms with Gasteiger partial charge in [0.15, 0.2) is 0 Å². The third kappa shape index (κ3) is 18.3. The van der Waals surface area contributed by atoms with Crippen molar-refractivity contribution in [1.82, 2.24) is 22.1 Å². The van der Waals surface area contributed by atoms with Gasteiger partial charge in [0.1, 0.15) is 0 Å². The van der Waals surface area contributed by atoms with E-state index < -0.39 is 50.1 Å². The Balaban J connectivity index is -0.000000667. The van der Waals surface area contributed by atoms with Gasteiger partial charge in [0.2, 0.25) is 0 Å². The molecule has 24 heavy (non-hydrogen) atoms. The van der Waals surface area contributed by atoms with Crippen LogP contribution in [0.5, 0.6) is 0 Å². The molecule has 13 heteroatoms. The zero-order chi connectivity index (χ0) is 16.4. The van der Waals surface area contributed by atoms with E-state index in [1.807, 2.05) is 0 Å². The van der Waals surface area contributed by atoms with Crippen LogP contribution in [0.1, 0.15) is 6.42 Å². The van der Waals surface area contributed by atoms with Crippen LogP contribution in [0.25, 0.3) is 0 Å². The van der Waals surface area contributed by atoms with Gasteiger partial charge < -0.3 is 51.9 Å². The largest absolute Gasteiger partial charge is 2.00 e. The van der Waals surface area contributed by atoms with Crippen molar-refractivity contribution < 1.29 is 56.7 Å². The number of carboxylic acids is 4. The minimum Gasteiger partial charge on any atom is -0.549 e. The molecule has 0 unspecified atom stereocenters. The quantitative estimate of drug-likeness (QED) is 0.297. The first-order valence-electron chi connectivity index (χ1n) is 5.94. The van der Waals surface area contributed by atoms with Crippen LogP contribution >= 0.6 is 0 Å². The smallest absolute Gasteiger partial charge is 0.549 e.